The molecule has 2 nitrogen and oxygen atoms in total. The Kier molecular flexibility index (Phi) is 5.27. The van der Waals surface area contributed by atoms with Crippen LogP contribution in [0, 0.1) is 0 Å². The van der Waals surface area contributed by atoms with Gasteiger partial charge in [-0.25, -0.2) is 0 Å². The predicted octanol–water partition coefficient (Wildman–Crippen LogP) is 2.63. The van der Waals surface area contributed by atoms with Crippen LogP contribution in [-0.2, 0) is 16.1 Å². The van der Waals surface area contributed by atoms with E-state index < -0.39 is 0 Å². The fourth-order valence-electron chi connectivity index (χ4n) is 1.14. The van der Waals surface area contributed by atoms with E-state index in [-0.39, 0.29) is 6.10 Å². The van der Waals surface area contributed by atoms with Crippen LogP contribution in [0.2, 0.25) is 0 Å². The first kappa shape index (κ1) is 11.2. The summed E-state index contributed by atoms with van der Waals surface area (Å²) in [5.74, 6) is 0. The molecular formula is C12H18O2. The second-order valence-electron chi connectivity index (χ2n) is 3.27. The average Bonchev–Trinajstić information content (AvgIpc) is 2.25. The molecule has 0 aliphatic rings. The third-order valence-electron chi connectivity index (χ3n) is 1.93. The van der Waals surface area contributed by atoms with E-state index in [1.807, 2.05) is 32.0 Å². The standard InChI is InChI=1S/C12H18O2/c1-3-13-9-11(2)14-10-12-7-5-4-6-8-12/h4-8,11H,3,9-10H2,1-2H3/t11-/m1/s1. The normalized spacial score (nSPS) is 12.7. The maximum Gasteiger partial charge on any atom is 0.0785 e. The summed E-state index contributed by atoms with van der Waals surface area (Å²) in [4.78, 5) is 0. The molecule has 0 bridgehead atoms. The van der Waals surface area contributed by atoms with Crippen molar-refractivity contribution < 1.29 is 9.47 Å². The number of rotatable bonds is 6. The minimum atomic E-state index is 0.162. The van der Waals surface area contributed by atoms with Crippen LogP contribution in [0.3, 0.4) is 0 Å². The molecular weight excluding hydrogens is 176 g/mol. The number of hydrogen-bond donors (Lipinski definition) is 0. The molecule has 1 rings (SSSR count). The van der Waals surface area contributed by atoms with Crippen molar-refractivity contribution in [3.63, 3.8) is 0 Å². The van der Waals surface area contributed by atoms with Crippen molar-refractivity contribution in [1.29, 1.82) is 0 Å². The van der Waals surface area contributed by atoms with Crippen LogP contribution < -0.4 is 0 Å². The van der Waals surface area contributed by atoms with Gasteiger partial charge in [-0.1, -0.05) is 30.3 Å². The fraction of sp³-hybridized carbons (Fsp3) is 0.500. The lowest BCUT2D eigenvalue weighted by Gasteiger charge is -2.12. The largest absolute Gasteiger partial charge is 0.379 e. The summed E-state index contributed by atoms with van der Waals surface area (Å²) in [5, 5.41) is 0. The second-order valence-corrected chi connectivity index (χ2v) is 3.27. The van der Waals surface area contributed by atoms with Crippen LogP contribution in [0.4, 0.5) is 0 Å². The molecule has 0 N–H and O–H groups in total. The summed E-state index contributed by atoms with van der Waals surface area (Å²) < 4.78 is 10.9. The van der Waals surface area contributed by atoms with Crippen molar-refractivity contribution in [2.45, 2.75) is 26.6 Å². The molecule has 2 heteroatoms. The van der Waals surface area contributed by atoms with Gasteiger partial charge in [0.05, 0.1) is 19.3 Å². The molecule has 0 unspecified atom stereocenters. The van der Waals surface area contributed by atoms with Gasteiger partial charge >= 0.3 is 0 Å². The molecule has 0 radical (unpaired) electrons. The highest BCUT2D eigenvalue weighted by molar-refractivity contribution is 5.13. The molecule has 0 amide bonds. The third kappa shape index (κ3) is 4.40. The Labute approximate surface area is 85.8 Å². The minimum Gasteiger partial charge on any atom is -0.379 e. The lowest BCUT2D eigenvalue weighted by molar-refractivity contribution is -0.0116. The van der Waals surface area contributed by atoms with Crippen molar-refractivity contribution in [2.24, 2.45) is 0 Å². The quantitative estimate of drug-likeness (QED) is 0.693. The van der Waals surface area contributed by atoms with E-state index in [1.165, 1.54) is 5.56 Å². The first-order chi connectivity index (χ1) is 6.83. The van der Waals surface area contributed by atoms with Gasteiger partial charge in [0.1, 0.15) is 0 Å². The molecule has 0 saturated heterocycles. The zero-order chi connectivity index (χ0) is 10.2. The monoisotopic (exact) mass is 194 g/mol. The summed E-state index contributed by atoms with van der Waals surface area (Å²) in [6.07, 6.45) is 0.162. The van der Waals surface area contributed by atoms with Gasteiger partial charge < -0.3 is 9.47 Å². The van der Waals surface area contributed by atoms with Crippen LogP contribution in [0.5, 0.6) is 0 Å². The Bertz CT molecular complexity index is 233. The molecule has 0 aliphatic carbocycles. The minimum absolute atomic E-state index is 0.162. The van der Waals surface area contributed by atoms with Crippen molar-refractivity contribution >= 4 is 0 Å². The molecule has 0 aliphatic heterocycles. The lowest BCUT2D eigenvalue weighted by atomic mass is 10.2. The van der Waals surface area contributed by atoms with E-state index in [4.69, 9.17) is 9.47 Å². The molecule has 0 spiro atoms. The highest BCUT2D eigenvalue weighted by Crippen LogP contribution is 2.03. The second kappa shape index (κ2) is 6.57. The first-order valence-corrected chi connectivity index (χ1v) is 5.06. The molecule has 14 heavy (non-hydrogen) atoms. The Morgan fingerprint density at radius 2 is 1.93 bits per heavy atom. The van der Waals surface area contributed by atoms with Gasteiger partial charge in [0.2, 0.25) is 0 Å². The molecule has 1 aromatic rings. The zero-order valence-electron chi connectivity index (χ0n) is 8.90. The van der Waals surface area contributed by atoms with Gasteiger partial charge in [0.15, 0.2) is 0 Å². The van der Waals surface area contributed by atoms with E-state index in [2.05, 4.69) is 12.1 Å². The van der Waals surface area contributed by atoms with Crippen LogP contribution in [-0.4, -0.2) is 19.3 Å². The Morgan fingerprint density at radius 3 is 2.57 bits per heavy atom. The smallest absolute Gasteiger partial charge is 0.0785 e. The fourth-order valence-corrected chi connectivity index (χ4v) is 1.14. The van der Waals surface area contributed by atoms with Crippen molar-refractivity contribution in [1.82, 2.24) is 0 Å². The van der Waals surface area contributed by atoms with E-state index in [1.54, 1.807) is 0 Å². The van der Waals surface area contributed by atoms with Crippen LogP contribution in [0.15, 0.2) is 30.3 Å². The van der Waals surface area contributed by atoms with Gasteiger partial charge in [-0.3, -0.25) is 0 Å². The van der Waals surface area contributed by atoms with Crippen molar-refractivity contribution in [3.8, 4) is 0 Å². The van der Waals surface area contributed by atoms with Crippen LogP contribution in [0.1, 0.15) is 19.4 Å². The molecule has 1 aromatic carbocycles. The SMILES string of the molecule is CCOC[C@@H](C)OCc1ccccc1. The highest BCUT2D eigenvalue weighted by Gasteiger charge is 2.01. The van der Waals surface area contributed by atoms with Gasteiger partial charge in [-0.2, -0.15) is 0 Å². The number of hydrogen-bond acceptors (Lipinski definition) is 2. The third-order valence-corrected chi connectivity index (χ3v) is 1.93. The van der Waals surface area contributed by atoms with Crippen LogP contribution >= 0.6 is 0 Å². The van der Waals surface area contributed by atoms with E-state index >= 15 is 0 Å². The Balaban J connectivity index is 2.20. The van der Waals surface area contributed by atoms with Crippen LogP contribution in [0.25, 0.3) is 0 Å². The summed E-state index contributed by atoms with van der Waals surface area (Å²) in [7, 11) is 0. The van der Waals surface area contributed by atoms with Gasteiger partial charge in [0, 0.05) is 6.61 Å². The van der Waals surface area contributed by atoms with E-state index in [9.17, 15) is 0 Å². The molecule has 78 valence electrons. The Morgan fingerprint density at radius 1 is 1.21 bits per heavy atom. The molecule has 0 fully saturated rings. The van der Waals surface area contributed by atoms with E-state index in [0.717, 1.165) is 6.61 Å². The summed E-state index contributed by atoms with van der Waals surface area (Å²) >= 11 is 0. The van der Waals surface area contributed by atoms with Gasteiger partial charge in [-0.05, 0) is 19.4 Å². The van der Waals surface area contributed by atoms with Crippen molar-refractivity contribution in [2.75, 3.05) is 13.2 Å². The zero-order valence-corrected chi connectivity index (χ0v) is 8.90. The van der Waals surface area contributed by atoms with Gasteiger partial charge in [0.25, 0.3) is 0 Å². The molecule has 0 aromatic heterocycles. The van der Waals surface area contributed by atoms with Crippen molar-refractivity contribution in [3.05, 3.63) is 35.9 Å². The molecule has 1 atom stereocenters. The maximum absolute atomic E-state index is 5.61. The summed E-state index contributed by atoms with van der Waals surface area (Å²) in [6.45, 7) is 6.10. The first-order valence-electron chi connectivity index (χ1n) is 5.06. The summed E-state index contributed by atoms with van der Waals surface area (Å²) in [5.41, 5.74) is 1.20. The summed E-state index contributed by atoms with van der Waals surface area (Å²) in [6, 6.07) is 10.2. The predicted molar refractivity (Wildman–Crippen MR) is 57.2 cm³/mol. The number of benzene rings is 1. The Hall–Kier alpha value is -0.860. The average molecular weight is 194 g/mol. The molecule has 0 heterocycles. The lowest BCUT2D eigenvalue weighted by Crippen LogP contribution is -2.15. The number of ether oxygens (including phenoxy) is 2. The molecule has 0 saturated carbocycles. The highest BCUT2D eigenvalue weighted by atomic mass is 16.5. The van der Waals surface area contributed by atoms with Gasteiger partial charge in [-0.15, -0.1) is 0 Å². The topological polar surface area (TPSA) is 18.5 Å². The van der Waals surface area contributed by atoms with E-state index in [0.29, 0.717) is 13.2 Å². The maximum atomic E-state index is 5.61.